The lowest BCUT2D eigenvalue weighted by Crippen LogP contribution is -2.40. The fourth-order valence-corrected chi connectivity index (χ4v) is 1.98. The highest BCUT2D eigenvalue weighted by Gasteiger charge is 2.22. The van der Waals surface area contributed by atoms with E-state index in [9.17, 15) is 14.4 Å². The van der Waals surface area contributed by atoms with Crippen LogP contribution in [-0.2, 0) is 9.59 Å². The Bertz CT molecular complexity index is 606. The monoisotopic (exact) mass is 333 g/mol. The zero-order chi connectivity index (χ0) is 18.3. The van der Waals surface area contributed by atoms with E-state index < -0.39 is 5.41 Å². The van der Waals surface area contributed by atoms with Crippen molar-refractivity contribution in [3.05, 3.63) is 29.8 Å². The Morgan fingerprint density at radius 2 is 1.79 bits per heavy atom. The third-order valence-electron chi connectivity index (χ3n) is 3.43. The Labute approximate surface area is 143 Å². The molecule has 0 aliphatic heterocycles. The van der Waals surface area contributed by atoms with Gasteiger partial charge in [0.2, 0.25) is 11.8 Å². The zero-order valence-corrected chi connectivity index (χ0v) is 15.1. The van der Waals surface area contributed by atoms with E-state index in [1.165, 1.54) is 4.90 Å². The topological polar surface area (TPSA) is 78.5 Å². The van der Waals surface area contributed by atoms with Gasteiger partial charge in [0.05, 0.1) is 6.54 Å². The molecule has 0 spiro atoms. The van der Waals surface area contributed by atoms with Crippen LogP contribution in [-0.4, -0.2) is 42.3 Å². The molecule has 24 heavy (non-hydrogen) atoms. The van der Waals surface area contributed by atoms with Gasteiger partial charge in [-0.2, -0.15) is 0 Å². The third kappa shape index (κ3) is 5.68. The predicted octanol–water partition coefficient (Wildman–Crippen LogP) is 2.27. The van der Waals surface area contributed by atoms with E-state index in [2.05, 4.69) is 10.6 Å². The summed E-state index contributed by atoms with van der Waals surface area (Å²) in [6.45, 7) is 10.1. The predicted molar refractivity (Wildman–Crippen MR) is 94.8 cm³/mol. The summed E-state index contributed by atoms with van der Waals surface area (Å²) in [5.41, 5.74) is 0.482. The van der Waals surface area contributed by atoms with Gasteiger partial charge in [-0.15, -0.1) is 0 Å². The number of nitrogens with one attached hydrogen (secondary N) is 2. The molecule has 0 saturated carbocycles. The van der Waals surface area contributed by atoms with Crippen LogP contribution in [0.25, 0.3) is 0 Å². The molecule has 0 aromatic heterocycles. The molecule has 6 heteroatoms. The normalized spacial score (nSPS) is 10.9. The summed E-state index contributed by atoms with van der Waals surface area (Å²) in [5.74, 6) is -0.553. The molecule has 2 N–H and O–H groups in total. The summed E-state index contributed by atoms with van der Waals surface area (Å²) in [7, 11) is 0. The molecule has 0 atom stereocenters. The highest BCUT2D eigenvalue weighted by Crippen LogP contribution is 2.18. The van der Waals surface area contributed by atoms with Gasteiger partial charge in [0.15, 0.2) is 0 Å². The molecule has 0 saturated heterocycles. The third-order valence-corrected chi connectivity index (χ3v) is 3.43. The van der Waals surface area contributed by atoms with Crippen LogP contribution in [0.4, 0.5) is 5.69 Å². The number of amides is 3. The number of nitrogens with zero attached hydrogens (tertiary/aromatic N) is 1. The molecular formula is C18H27N3O3. The van der Waals surface area contributed by atoms with Crippen LogP contribution < -0.4 is 10.6 Å². The molecule has 0 unspecified atom stereocenters. The first kappa shape index (κ1) is 19.7. The number of likely N-dealkylation sites (N-methyl/N-ethyl adjacent to an activating group) is 2. The average molecular weight is 333 g/mol. The summed E-state index contributed by atoms with van der Waals surface area (Å²) in [6.07, 6.45) is 0. The van der Waals surface area contributed by atoms with Gasteiger partial charge in [-0.25, -0.2) is 0 Å². The van der Waals surface area contributed by atoms with Crippen molar-refractivity contribution in [2.45, 2.75) is 34.6 Å². The molecule has 0 aliphatic carbocycles. The molecule has 132 valence electrons. The molecular weight excluding hydrogens is 306 g/mol. The van der Waals surface area contributed by atoms with E-state index in [4.69, 9.17) is 0 Å². The smallest absolute Gasteiger partial charge is 0.254 e. The lowest BCUT2D eigenvalue weighted by atomic mass is 9.95. The van der Waals surface area contributed by atoms with Crippen LogP contribution in [0, 0.1) is 5.41 Å². The van der Waals surface area contributed by atoms with Crippen molar-refractivity contribution in [3.63, 3.8) is 0 Å². The Hall–Kier alpha value is -2.37. The highest BCUT2D eigenvalue weighted by molar-refractivity contribution is 5.99. The van der Waals surface area contributed by atoms with Crippen molar-refractivity contribution in [2.24, 2.45) is 5.41 Å². The Kier molecular flexibility index (Phi) is 6.95. The second-order valence-electron chi connectivity index (χ2n) is 6.56. The van der Waals surface area contributed by atoms with E-state index in [0.29, 0.717) is 24.3 Å². The van der Waals surface area contributed by atoms with Gasteiger partial charge in [0, 0.05) is 29.8 Å². The van der Waals surface area contributed by atoms with Gasteiger partial charge >= 0.3 is 0 Å². The van der Waals surface area contributed by atoms with Crippen LogP contribution in [0.1, 0.15) is 45.0 Å². The summed E-state index contributed by atoms with van der Waals surface area (Å²) in [4.78, 5) is 37.8. The van der Waals surface area contributed by atoms with Crippen LogP contribution in [0.2, 0.25) is 0 Å². The second kappa shape index (κ2) is 8.47. The first-order chi connectivity index (χ1) is 11.2. The molecule has 0 bridgehead atoms. The number of carbonyl (C=O) groups is 3. The van der Waals surface area contributed by atoms with E-state index in [0.717, 1.165) is 0 Å². The molecule has 1 aromatic carbocycles. The summed E-state index contributed by atoms with van der Waals surface area (Å²) in [5, 5.41) is 5.49. The Balaban J connectivity index is 2.89. The van der Waals surface area contributed by atoms with Crippen molar-refractivity contribution < 1.29 is 14.4 Å². The molecule has 3 amide bonds. The largest absolute Gasteiger partial charge is 0.355 e. The van der Waals surface area contributed by atoms with Gasteiger partial charge in [-0.05, 0) is 32.0 Å². The van der Waals surface area contributed by atoms with Gasteiger partial charge in [0.25, 0.3) is 5.91 Å². The van der Waals surface area contributed by atoms with Crippen LogP contribution in [0.3, 0.4) is 0 Å². The summed E-state index contributed by atoms with van der Waals surface area (Å²) >= 11 is 0. The number of carbonyl (C=O) groups excluding carboxylic acids is 3. The molecule has 0 radical (unpaired) electrons. The maximum absolute atomic E-state index is 12.6. The van der Waals surface area contributed by atoms with E-state index in [1.807, 2.05) is 34.6 Å². The van der Waals surface area contributed by atoms with Crippen molar-refractivity contribution in [2.75, 3.05) is 25.0 Å². The average Bonchev–Trinajstić information content (AvgIpc) is 2.51. The zero-order valence-electron chi connectivity index (χ0n) is 15.1. The Morgan fingerprint density at radius 1 is 1.12 bits per heavy atom. The first-order valence-corrected chi connectivity index (χ1v) is 8.16. The number of anilines is 1. The van der Waals surface area contributed by atoms with E-state index in [-0.39, 0.29) is 24.3 Å². The van der Waals surface area contributed by atoms with Crippen molar-refractivity contribution in [1.29, 1.82) is 0 Å². The van der Waals surface area contributed by atoms with Gasteiger partial charge in [0.1, 0.15) is 0 Å². The fraction of sp³-hybridized carbons (Fsp3) is 0.500. The molecule has 0 aliphatic rings. The highest BCUT2D eigenvalue weighted by atomic mass is 16.2. The van der Waals surface area contributed by atoms with Gasteiger partial charge in [-0.3, -0.25) is 14.4 Å². The van der Waals surface area contributed by atoms with Crippen molar-refractivity contribution in [1.82, 2.24) is 10.2 Å². The minimum atomic E-state index is -0.520. The first-order valence-electron chi connectivity index (χ1n) is 8.16. The maximum atomic E-state index is 12.6. The fourth-order valence-electron chi connectivity index (χ4n) is 1.98. The number of hydrogen-bond acceptors (Lipinski definition) is 3. The number of rotatable bonds is 6. The van der Waals surface area contributed by atoms with Crippen LogP contribution >= 0.6 is 0 Å². The molecule has 0 fully saturated rings. The van der Waals surface area contributed by atoms with Crippen molar-refractivity contribution >= 4 is 23.4 Å². The quantitative estimate of drug-likeness (QED) is 0.838. The van der Waals surface area contributed by atoms with Crippen LogP contribution in [0.5, 0.6) is 0 Å². The van der Waals surface area contributed by atoms with Gasteiger partial charge < -0.3 is 15.5 Å². The van der Waals surface area contributed by atoms with E-state index in [1.54, 1.807) is 24.3 Å². The molecule has 1 rings (SSSR count). The lowest BCUT2D eigenvalue weighted by Gasteiger charge is -2.21. The number of benzene rings is 1. The number of hydrogen-bond donors (Lipinski definition) is 2. The standard InChI is InChI=1S/C18H27N3O3/c1-6-19-15(22)12-21(7-2)16(23)13-9-8-10-14(11-13)20-17(24)18(3,4)5/h8-11H,6-7,12H2,1-5H3,(H,19,22)(H,20,24). The minimum absolute atomic E-state index is 0.0156. The molecule has 6 nitrogen and oxygen atoms in total. The SMILES string of the molecule is CCNC(=O)CN(CC)C(=O)c1cccc(NC(=O)C(C)(C)C)c1. The second-order valence-corrected chi connectivity index (χ2v) is 6.56. The lowest BCUT2D eigenvalue weighted by molar-refractivity contribution is -0.123. The molecule has 0 heterocycles. The molecule has 1 aromatic rings. The Morgan fingerprint density at radius 3 is 2.33 bits per heavy atom. The summed E-state index contributed by atoms with van der Waals surface area (Å²) in [6, 6.07) is 6.76. The van der Waals surface area contributed by atoms with Crippen LogP contribution in [0.15, 0.2) is 24.3 Å². The van der Waals surface area contributed by atoms with Gasteiger partial charge in [-0.1, -0.05) is 26.8 Å². The van der Waals surface area contributed by atoms with Crippen molar-refractivity contribution in [3.8, 4) is 0 Å². The summed E-state index contributed by atoms with van der Waals surface area (Å²) < 4.78 is 0. The minimum Gasteiger partial charge on any atom is -0.355 e. The van der Waals surface area contributed by atoms with E-state index >= 15 is 0 Å². The maximum Gasteiger partial charge on any atom is 0.254 e.